The van der Waals surface area contributed by atoms with Crippen LogP contribution in [0, 0.1) is 0 Å². The third-order valence-corrected chi connectivity index (χ3v) is 11.6. The maximum atomic E-state index is 2.52. The topological polar surface area (TPSA) is 0 Å². The van der Waals surface area contributed by atoms with E-state index >= 15 is 0 Å². The molecule has 1 aliphatic rings. The molecule has 3 heterocycles. The van der Waals surface area contributed by atoms with E-state index in [1.165, 1.54) is 0 Å². The summed E-state index contributed by atoms with van der Waals surface area (Å²) < 4.78 is 0. The van der Waals surface area contributed by atoms with Crippen LogP contribution in [-0.2, 0) is 10.8 Å². The van der Waals surface area contributed by atoms with Crippen LogP contribution < -0.4 is 10.4 Å². The van der Waals surface area contributed by atoms with E-state index in [1.807, 2.05) is 22.7 Å². The van der Waals surface area contributed by atoms with Gasteiger partial charge in [-0.2, -0.15) is 0 Å². The van der Waals surface area contributed by atoms with Crippen LogP contribution >= 0.6 is 22.7 Å². The van der Waals surface area contributed by atoms with Crippen molar-refractivity contribution in [3.05, 3.63) is 21.9 Å². The Morgan fingerprint density at radius 3 is 1.33 bits per heavy atom. The van der Waals surface area contributed by atoms with Gasteiger partial charge in [0.05, 0.1) is 0 Å². The first-order chi connectivity index (χ1) is 9.42. The van der Waals surface area contributed by atoms with E-state index in [2.05, 4.69) is 66.8 Å². The van der Waals surface area contributed by atoms with E-state index in [0.29, 0.717) is 0 Å². The third-order valence-electron chi connectivity index (χ3n) is 4.50. The van der Waals surface area contributed by atoms with E-state index in [0.717, 1.165) is 0 Å². The second-order valence-corrected chi connectivity index (χ2v) is 15.3. The molecule has 2 aromatic rings. The van der Waals surface area contributed by atoms with E-state index in [1.54, 1.807) is 29.9 Å². The Morgan fingerprint density at radius 2 is 1.05 bits per heavy atom. The minimum absolute atomic E-state index is 0.268. The zero-order chi connectivity index (χ0) is 15.8. The molecule has 0 spiro atoms. The van der Waals surface area contributed by atoms with Crippen LogP contribution in [-0.4, -0.2) is 8.07 Å². The van der Waals surface area contributed by atoms with Gasteiger partial charge in [0.25, 0.3) is 0 Å². The lowest BCUT2D eigenvalue weighted by molar-refractivity contribution is 0.604. The van der Waals surface area contributed by atoms with Crippen LogP contribution in [0.15, 0.2) is 12.1 Å². The first kappa shape index (κ1) is 15.5. The summed E-state index contributed by atoms with van der Waals surface area (Å²) in [7, 11) is -1.48. The molecule has 3 heteroatoms. The highest BCUT2D eigenvalue weighted by Crippen LogP contribution is 2.44. The average molecular weight is 335 g/mol. The fourth-order valence-corrected chi connectivity index (χ4v) is 10.2. The molecule has 0 aliphatic carbocycles. The SMILES string of the molecule is CC(C)(C)c1cc2c(s1)-c1sc(C(C)(C)C)cc1[Si]2(C)C. The fourth-order valence-electron chi connectivity index (χ4n) is 2.93. The maximum absolute atomic E-state index is 2.52. The first-order valence-corrected chi connectivity index (χ1v) is 12.4. The van der Waals surface area contributed by atoms with Crippen molar-refractivity contribution in [2.24, 2.45) is 0 Å². The maximum Gasteiger partial charge on any atom is 0.116 e. The Hall–Kier alpha value is -0.383. The van der Waals surface area contributed by atoms with Crippen molar-refractivity contribution in [1.82, 2.24) is 0 Å². The van der Waals surface area contributed by atoms with Gasteiger partial charge in [-0.05, 0) is 33.3 Å². The molecule has 114 valence electrons. The minimum atomic E-state index is -1.48. The van der Waals surface area contributed by atoms with Gasteiger partial charge in [-0.25, -0.2) is 0 Å². The predicted octanol–water partition coefficient (Wildman–Crippen LogP) is 5.21. The van der Waals surface area contributed by atoms with E-state index < -0.39 is 8.07 Å². The number of hydrogen-bond acceptors (Lipinski definition) is 2. The summed E-state index contributed by atoms with van der Waals surface area (Å²) in [5.74, 6) is 0. The normalized spacial score (nSPS) is 17.0. The Balaban J connectivity index is 2.21. The molecule has 0 N–H and O–H groups in total. The summed E-state index contributed by atoms with van der Waals surface area (Å²) in [6.45, 7) is 19.0. The molecule has 2 aromatic heterocycles. The van der Waals surface area contributed by atoms with Crippen LogP contribution in [0.25, 0.3) is 9.75 Å². The highest BCUT2D eigenvalue weighted by atomic mass is 32.1. The molecular formula is C18H26S2Si. The molecule has 0 amide bonds. The van der Waals surface area contributed by atoms with E-state index in [4.69, 9.17) is 0 Å². The van der Waals surface area contributed by atoms with Gasteiger partial charge in [0, 0.05) is 19.5 Å². The summed E-state index contributed by atoms with van der Waals surface area (Å²) >= 11 is 4.09. The summed E-state index contributed by atoms with van der Waals surface area (Å²) in [4.78, 5) is 6.27. The average Bonchev–Trinajstić information content (AvgIpc) is 2.94. The largest absolute Gasteiger partial charge is 0.139 e. The molecule has 0 bridgehead atoms. The number of thiophene rings is 2. The van der Waals surface area contributed by atoms with Crippen molar-refractivity contribution in [1.29, 1.82) is 0 Å². The van der Waals surface area contributed by atoms with Crippen LogP contribution in [0.1, 0.15) is 51.3 Å². The predicted molar refractivity (Wildman–Crippen MR) is 102 cm³/mol. The van der Waals surface area contributed by atoms with Gasteiger partial charge in [0.2, 0.25) is 0 Å². The van der Waals surface area contributed by atoms with Gasteiger partial charge < -0.3 is 0 Å². The van der Waals surface area contributed by atoms with Gasteiger partial charge in [-0.15, -0.1) is 22.7 Å². The molecule has 0 saturated carbocycles. The molecule has 0 aromatic carbocycles. The molecule has 0 saturated heterocycles. The highest BCUT2D eigenvalue weighted by molar-refractivity contribution is 7.29. The lowest BCUT2D eigenvalue weighted by atomic mass is 9.95. The Kier molecular flexibility index (Phi) is 3.20. The minimum Gasteiger partial charge on any atom is -0.139 e. The molecule has 0 radical (unpaired) electrons. The van der Waals surface area contributed by atoms with Crippen molar-refractivity contribution >= 4 is 41.1 Å². The molecule has 21 heavy (non-hydrogen) atoms. The van der Waals surface area contributed by atoms with Crippen LogP contribution in [0.4, 0.5) is 0 Å². The number of rotatable bonds is 0. The molecule has 0 atom stereocenters. The van der Waals surface area contributed by atoms with Crippen molar-refractivity contribution < 1.29 is 0 Å². The summed E-state index contributed by atoms with van der Waals surface area (Å²) in [6.07, 6.45) is 0. The standard InChI is InChI=1S/C18H26S2Si/c1-17(2,3)13-9-11-15(19-13)16-12(21(11,7)8)10-14(20-16)18(4,5)6/h9-10H,1-8H3. The lowest BCUT2D eigenvalue weighted by Crippen LogP contribution is -2.48. The molecular weight excluding hydrogens is 308 g/mol. The Bertz CT molecular complexity index is 642. The summed E-state index contributed by atoms with van der Waals surface area (Å²) in [5, 5.41) is 3.36. The third kappa shape index (κ3) is 2.29. The van der Waals surface area contributed by atoms with Crippen molar-refractivity contribution in [2.45, 2.75) is 65.5 Å². The second kappa shape index (κ2) is 4.33. The van der Waals surface area contributed by atoms with Crippen LogP contribution in [0.5, 0.6) is 0 Å². The number of hydrogen-bond donors (Lipinski definition) is 0. The van der Waals surface area contributed by atoms with Gasteiger partial charge in [0.1, 0.15) is 8.07 Å². The molecule has 0 nitrogen and oxygen atoms in total. The monoisotopic (exact) mass is 334 g/mol. The summed E-state index contributed by atoms with van der Waals surface area (Å²) in [5.41, 5.74) is 0.535. The molecule has 1 aliphatic heterocycles. The zero-order valence-electron chi connectivity index (χ0n) is 14.5. The van der Waals surface area contributed by atoms with Crippen LogP contribution in [0.3, 0.4) is 0 Å². The lowest BCUT2D eigenvalue weighted by Gasteiger charge is -2.20. The molecule has 0 unspecified atom stereocenters. The van der Waals surface area contributed by atoms with Gasteiger partial charge in [-0.3, -0.25) is 0 Å². The summed E-state index contributed by atoms with van der Waals surface area (Å²) in [6, 6.07) is 5.05. The highest BCUT2D eigenvalue weighted by Gasteiger charge is 2.42. The van der Waals surface area contributed by atoms with Crippen molar-refractivity contribution in [3.8, 4) is 9.75 Å². The number of fused-ring (bicyclic) bond motifs is 3. The molecule has 0 fully saturated rings. The Labute approximate surface area is 138 Å². The second-order valence-electron chi connectivity index (χ2n) is 8.83. The smallest absolute Gasteiger partial charge is 0.116 e. The quantitative estimate of drug-likeness (QED) is 0.580. The van der Waals surface area contributed by atoms with Crippen LogP contribution in [0.2, 0.25) is 13.1 Å². The van der Waals surface area contributed by atoms with Gasteiger partial charge in [-0.1, -0.05) is 54.6 Å². The Morgan fingerprint density at radius 1 is 0.714 bits per heavy atom. The molecule has 3 rings (SSSR count). The zero-order valence-corrected chi connectivity index (χ0v) is 17.1. The van der Waals surface area contributed by atoms with Gasteiger partial charge in [0.15, 0.2) is 0 Å². The van der Waals surface area contributed by atoms with Gasteiger partial charge >= 0.3 is 0 Å². The van der Waals surface area contributed by atoms with Crippen molar-refractivity contribution in [3.63, 3.8) is 0 Å². The first-order valence-electron chi connectivity index (χ1n) is 7.72. The van der Waals surface area contributed by atoms with E-state index in [-0.39, 0.29) is 10.8 Å². The fraction of sp³-hybridized carbons (Fsp3) is 0.556. The van der Waals surface area contributed by atoms with Crippen molar-refractivity contribution in [2.75, 3.05) is 0 Å². The van der Waals surface area contributed by atoms with E-state index in [9.17, 15) is 0 Å².